The third-order valence-corrected chi connectivity index (χ3v) is 4.84. The maximum absolute atomic E-state index is 11.7. The predicted octanol–water partition coefficient (Wildman–Crippen LogP) is 4.59. The van der Waals surface area contributed by atoms with Crippen LogP contribution in [-0.4, -0.2) is 13.0 Å². The van der Waals surface area contributed by atoms with Crippen LogP contribution in [0.3, 0.4) is 0 Å². The van der Waals surface area contributed by atoms with Gasteiger partial charge >= 0.3 is 0 Å². The Balaban J connectivity index is 1.89. The average molecular weight is 354 g/mol. The molecule has 4 heteroatoms. The number of carbonyl (C=O) groups is 1. The van der Waals surface area contributed by atoms with Crippen molar-refractivity contribution in [3.63, 3.8) is 0 Å². The van der Waals surface area contributed by atoms with Crippen LogP contribution in [0, 0.1) is 11.3 Å². The molecule has 1 amide bonds. The molecule has 3 aromatic rings. The molecule has 0 radical (unpaired) electrons. The van der Waals surface area contributed by atoms with Crippen LogP contribution in [0.1, 0.15) is 11.1 Å². The van der Waals surface area contributed by atoms with E-state index in [1.807, 2.05) is 48.5 Å². The number of anilines is 1. The summed E-state index contributed by atoms with van der Waals surface area (Å²) in [6.07, 6.45) is 0.717. The first-order valence-electron chi connectivity index (χ1n) is 8.76. The largest absolute Gasteiger partial charge is 0.497 e. The Morgan fingerprint density at radius 2 is 1.85 bits per heavy atom. The summed E-state index contributed by atoms with van der Waals surface area (Å²) in [4.78, 5) is 11.7. The van der Waals surface area contributed by atoms with Gasteiger partial charge in [0.15, 0.2) is 0 Å². The van der Waals surface area contributed by atoms with Crippen molar-refractivity contribution in [1.29, 1.82) is 5.26 Å². The van der Waals surface area contributed by atoms with Crippen LogP contribution in [0.4, 0.5) is 5.69 Å². The molecule has 27 heavy (non-hydrogen) atoms. The Bertz CT molecular complexity index is 1060. The molecule has 1 aliphatic rings. The van der Waals surface area contributed by atoms with E-state index in [4.69, 9.17) is 4.74 Å². The molecule has 0 spiro atoms. The van der Waals surface area contributed by atoms with Crippen LogP contribution in [0.15, 0.2) is 60.7 Å². The van der Waals surface area contributed by atoms with Gasteiger partial charge in [-0.3, -0.25) is 4.79 Å². The van der Waals surface area contributed by atoms with Crippen LogP contribution in [-0.2, 0) is 17.6 Å². The zero-order chi connectivity index (χ0) is 18.8. The molecule has 0 unspecified atom stereocenters. The Labute approximate surface area is 158 Å². The number of rotatable bonds is 4. The fourth-order valence-corrected chi connectivity index (χ4v) is 3.57. The monoisotopic (exact) mass is 354 g/mol. The van der Waals surface area contributed by atoms with Crippen LogP contribution in [0.2, 0.25) is 0 Å². The molecule has 0 bridgehead atoms. The molecule has 0 saturated carbocycles. The predicted molar refractivity (Wildman–Crippen MR) is 106 cm³/mol. The summed E-state index contributed by atoms with van der Waals surface area (Å²) in [5, 5.41) is 12.2. The van der Waals surface area contributed by atoms with E-state index in [9.17, 15) is 10.1 Å². The number of amides is 1. The molecule has 3 aromatic carbocycles. The van der Waals surface area contributed by atoms with Gasteiger partial charge in [-0.15, -0.1) is 0 Å². The lowest BCUT2D eigenvalue weighted by Crippen LogP contribution is -2.03. The van der Waals surface area contributed by atoms with E-state index in [1.54, 1.807) is 7.11 Å². The Hall–Kier alpha value is -3.58. The summed E-state index contributed by atoms with van der Waals surface area (Å²) in [5.41, 5.74) is 7.00. The smallest absolute Gasteiger partial charge is 0.228 e. The van der Waals surface area contributed by atoms with Gasteiger partial charge in [-0.2, -0.15) is 5.26 Å². The fraction of sp³-hybridized carbons (Fsp3) is 0.130. The van der Waals surface area contributed by atoms with Crippen LogP contribution < -0.4 is 10.1 Å². The molecule has 1 heterocycles. The van der Waals surface area contributed by atoms with Crippen molar-refractivity contribution in [3.05, 3.63) is 71.8 Å². The summed E-state index contributed by atoms with van der Waals surface area (Å²) in [5.74, 6) is 0.818. The molecule has 0 aliphatic carbocycles. The lowest BCUT2D eigenvalue weighted by atomic mass is 9.88. The number of nitrogens with zero attached hydrogens (tertiary/aromatic N) is 1. The zero-order valence-corrected chi connectivity index (χ0v) is 15.0. The number of hydrogen-bond acceptors (Lipinski definition) is 3. The second kappa shape index (κ2) is 6.97. The van der Waals surface area contributed by atoms with Gasteiger partial charge in [-0.05, 0) is 57.6 Å². The first-order valence-corrected chi connectivity index (χ1v) is 8.76. The van der Waals surface area contributed by atoms with Crippen molar-refractivity contribution in [2.45, 2.75) is 12.8 Å². The number of fused-ring (bicyclic) bond motifs is 1. The summed E-state index contributed by atoms with van der Waals surface area (Å²) in [6, 6.07) is 22.2. The van der Waals surface area contributed by atoms with Crippen molar-refractivity contribution in [2.24, 2.45) is 0 Å². The highest BCUT2D eigenvalue weighted by Gasteiger charge is 2.20. The van der Waals surface area contributed by atoms with E-state index in [0.29, 0.717) is 12.8 Å². The lowest BCUT2D eigenvalue weighted by molar-refractivity contribution is -0.115. The molecule has 4 nitrogen and oxygen atoms in total. The summed E-state index contributed by atoms with van der Waals surface area (Å²) in [6.45, 7) is 0. The molecular weight excluding hydrogens is 336 g/mol. The number of benzene rings is 3. The average Bonchev–Trinajstić information content (AvgIpc) is 3.07. The molecule has 132 valence electrons. The SMILES string of the molecule is COc1ccc(-c2cccc(CC#N)c2-c2ccc3c(c2)CC(=O)N3)cc1. The number of ether oxygens (including phenoxy) is 1. The van der Waals surface area contributed by atoms with Crippen molar-refractivity contribution in [2.75, 3.05) is 12.4 Å². The molecular formula is C23H18N2O2. The molecule has 1 aliphatic heterocycles. The second-order valence-electron chi connectivity index (χ2n) is 6.50. The van der Waals surface area contributed by atoms with Gasteiger partial charge in [0.25, 0.3) is 0 Å². The van der Waals surface area contributed by atoms with E-state index in [0.717, 1.165) is 44.8 Å². The molecule has 0 saturated heterocycles. The van der Waals surface area contributed by atoms with Crippen molar-refractivity contribution in [3.8, 4) is 34.1 Å². The molecule has 0 atom stereocenters. The minimum atomic E-state index is 0.0165. The van der Waals surface area contributed by atoms with Crippen LogP contribution >= 0.6 is 0 Å². The maximum atomic E-state index is 11.7. The van der Waals surface area contributed by atoms with E-state index < -0.39 is 0 Å². The minimum absolute atomic E-state index is 0.0165. The molecule has 0 fully saturated rings. The Kier molecular flexibility index (Phi) is 4.35. The highest BCUT2D eigenvalue weighted by Crippen LogP contribution is 2.38. The third-order valence-electron chi connectivity index (χ3n) is 4.84. The van der Waals surface area contributed by atoms with Crippen LogP contribution in [0.25, 0.3) is 22.3 Å². The molecule has 1 N–H and O–H groups in total. The van der Waals surface area contributed by atoms with Crippen molar-refractivity contribution >= 4 is 11.6 Å². The third kappa shape index (κ3) is 3.16. The highest BCUT2D eigenvalue weighted by atomic mass is 16.5. The number of hydrogen-bond donors (Lipinski definition) is 1. The fourth-order valence-electron chi connectivity index (χ4n) is 3.57. The number of nitriles is 1. The van der Waals surface area contributed by atoms with Gasteiger partial charge in [-0.1, -0.05) is 36.4 Å². The number of methoxy groups -OCH3 is 1. The van der Waals surface area contributed by atoms with Gasteiger partial charge in [0.05, 0.1) is 26.0 Å². The zero-order valence-electron chi connectivity index (χ0n) is 15.0. The van der Waals surface area contributed by atoms with E-state index in [-0.39, 0.29) is 5.91 Å². The summed E-state index contributed by atoms with van der Waals surface area (Å²) in [7, 11) is 1.65. The normalized spacial score (nSPS) is 12.2. The number of carbonyl (C=O) groups excluding carboxylic acids is 1. The van der Waals surface area contributed by atoms with E-state index in [2.05, 4.69) is 23.5 Å². The summed E-state index contributed by atoms with van der Waals surface area (Å²) < 4.78 is 5.26. The maximum Gasteiger partial charge on any atom is 0.228 e. The van der Waals surface area contributed by atoms with Crippen LogP contribution in [0.5, 0.6) is 5.75 Å². The quantitative estimate of drug-likeness (QED) is 0.745. The van der Waals surface area contributed by atoms with Gasteiger partial charge < -0.3 is 10.1 Å². The molecule has 4 rings (SSSR count). The van der Waals surface area contributed by atoms with Gasteiger partial charge in [-0.25, -0.2) is 0 Å². The van der Waals surface area contributed by atoms with Crippen molar-refractivity contribution < 1.29 is 9.53 Å². The van der Waals surface area contributed by atoms with Gasteiger partial charge in [0.1, 0.15) is 5.75 Å². The van der Waals surface area contributed by atoms with Crippen molar-refractivity contribution in [1.82, 2.24) is 0 Å². The topological polar surface area (TPSA) is 62.1 Å². The first-order chi connectivity index (χ1) is 13.2. The highest BCUT2D eigenvalue weighted by molar-refractivity contribution is 6.00. The second-order valence-corrected chi connectivity index (χ2v) is 6.50. The van der Waals surface area contributed by atoms with E-state index >= 15 is 0 Å². The van der Waals surface area contributed by atoms with E-state index in [1.165, 1.54) is 0 Å². The van der Waals surface area contributed by atoms with Gasteiger partial charge in [0.2, 0.25) is 5.91 Å². The van der Waals surface area contributed by atoms with Gasteiger partial charge in [0, 0.05) is 5.69 Å². The number of nitrogens with one attached hydrogen (secondary N) is 1. The minimum Gasteiger partial charge on any atom is -0.497 e. The molecule has 0 aromatic heterocycles. The summed E-state index contributed by atoms with van der Waals surface area (Å²) >= 11 is 0. The Morgan fingerprint density at radius 3 is 2.59 bits per heavy atom. The lowest BCUT2D eigenvalue weighted by Gasteiger charge is -2.15. The Morgan fingerprint density at radius 1 is 1.07 bits per heavy atom. The standard InChI is InChI=1S/C23H18N2O2/c1-27-19-8-5-15(6-9-19)20-4-2-3-16(11-12-24)23(20)17-7-10-21-18(13-17)14-22(26)25-21/h2-10,13H,11,14H2,1H3,(H,25,26). The first kappa shape index (κ1) is 16.9.